The average Bonchev–Trinajstić information content (AvgIpc) is 3.32. The number of likely N-dealkylation sites (tertiary alicyclic amines) is 1. The summed E-state index contributed by atoms with van der Waals surface area (Å²) in [6.07, 6.45) is 8.38. The van der Waals surface area contributed by atoms with Gasteiger partial charge < -0.3 is 20.3 Å². The van der Waals surface area contributed by atoms with Crippen LogP contribution in [0.25, 0.3) is 5.82 Å². The number of piperidine rings is 1. The lowest BCUT2D eigenvalue weighted by Gasteiger charge is -2.33. The summed E-state index contributed by atoms with van der Waals surface area (Å²) in [6.45, 7) is 9.72. The number of hydrogen-bond acceptors (Lipinski definition) is 9. The fourth-order valence-corrected chi connectivity index (χ4v) is 5.05. The zero-order valence-corrected chi connectivity index (χ0v) is 23.5. The van der Waals surface area contributed by atoms with E-state index in [9.17, 15) is 14.5 Å². The van der Waals surface area contributed by atoms with Crippen LogP contribution in [0, 0.1) is 11.8 Å². The molecule has 2 aromatic heterocycles. The average molecular weight is 568 g/mol. The molecular weight excluding hydrogens is 534 g/mol. The summed E-state index contributed by atoms with van der Waals surface area (Å²) < 4.78 is 7.45. The fraction of sp³-hybridized carbons (Fsp3) is 0.429. The van der Waals surface area contributed by atoms with Crippen LogP contribution in [0.3, 0.4) is 0 Å². The number of nitroso groups, excluding NO2 is 1. The molecule has 1 amide bonds. The first-order chi connectivity index (χ1) is 19.2. The molecule has 2 saturated heterocycles. The number of ether oxygens (including phenoxy) is 1. The molecule has 212 valence electrons. The highest BCUT2D eigenvalue weighted by Crippen LogP contribution is 2.29. The molecule has 0 saturated carbocycles. The second-order valence-corrected chi connectivity index (χ2v) is 10.2. The largest absolute Gasteiger partial charge is 0.488 e. The number of carbonyl (C=O) groups excluding carboxylic acids is 1. The van der Waals surface area contributed by atoms with Crippen molar-refractivity contribution in [3.05, 3.63) is 74.5 Å². The molecule has 0 aliphatic carbocycles. The van der Waals surface area contributed by atoms with E-state index in [2.05, 4.69) is 33.6 Å². The third-order valence-corrected chi connectivity index (χ3v) is 7.37. The highest BCUT2D eigenvalue weighted by molar-refractivity contribution is 6.31. The van der Waals surface area contributed by atoms with Crippen LogP contribution in [0.5, 0.6) is 5.75 Å². The normalized spacial score (nSPS) is 18.5. The van der Waals surface area contributed by atoms with Gasteiger partial charge in [-0.1, -0.05) is 36.7 Å². The molecule has 4 heterocycles. The van der Waals surface area contributed by atoms with Crippen LogP contribution >= 0.6 is 11.6 Å². The number of aromatic nitrogens is 2. The molecule has 2 N–H and O–H groups in total. The van der Waals surface area contributed by atoms with Crippen molar-refractivity contribution in [2.24, 2.45) is 15.9 Å². The number of rotatable bonds is 10. The lowest BCUT2D eigenvalue weighted by atomic mass is 10.1. The van der Waals surface area contributed by atoms with E-state index in [0.29, 0.717) is 54.8 Å². The van der Waals surface area contributed by atoms with Gasteiger partial charge in [-0.25, -0.2) is 9.98 Å². The molecule has 2 fully saturated rings. The van der Waals surface area contributed by atoms with Crippen molar-refractivity contribution in [3.63, 3.8) is 0 Å². The van der Waals surface area contributed by atoms with Gasteiger partial charge in [0, 0.05) is 57.4 Å². The maximum atomic E-state index is 13.0. The van der Waals surface area contributed by atoms with Gasteiger partial charge in [0.2, 0.25) is 0 Å². The second-order valence-electron chi connectivity index (χ2n) is 9.84. The van der Waals surface area contributed by atoms with Crippen LogP contribution in [0.4, 0.5) is 5.69 Å². The van der Waals surface area contributed by atoms with Crippen molar-refractivity contribution in [2.75, 3.05) is 24.5 Å². The van der Waals surface area contributed by atoms with Crippen LogP contribution in [0.15, 0.2) is 63.5 Å². The van der Waals surface area contributed by atoms with E-state index >= 15 is 0 Å². The smallest absolute Gasteiger partial charge is 0.260 e. The summed E-state index contributed by atoms with van der Waals surface area (Å²) in [5.41, 5.74) is 7.40. The molecule has 2 aromatic rings. The van der Waals surface area contributed by atoms with Crippen LogP contribution in [0.1, 0.15) is 44.7 Å². The number of nitrogens with zero attached hydrogens (tertiary/aromatic N) is 6. The molecule has 0 spiro atoms. The Kier molecular flexibility index (Phi) is 9.36. The van der Waals surface area contributed by atoms with E-state index < -0.39 is 6.04 Å². The molecule has 0 aromatic carbocycles. The lowest BCUT2D eigenvalue weighted by molar-refractivity contribution is -0.118. The number of allylic oxidation sites excluding steroid dienone is 1. The Morgan fingerprint density at radius 3 is 2.62 bits per heavy atom. The minimum absolute atomic E-state index is 0.109. The van der Waals surface area contributed by atoms with Crippen LogP contribution in [-0.4, -0.2) is 58.4 Å². The van der Waals surface area contributed by atoms with Gasteiger partial charge in [-0.3, -0.25) is 14.2 Å². The molecule has 11 nitrogen and oxygen atoms in total. The number of aliphatic imine (C=N–C) groups is 1. The summed E-state index contributed by atoms with van der Waals surface area (Å²) >= 11 is 6.52. The number of halogens is 1. The molecular formula is C28H34ClN7O4. The van der Waals surface area contributed by atoms with Gasteiger partial charge in [-0.2, -0.15) is 0 Å². The molecule has 1 atom stereocenters. The van der Waals surface area contributed by atoms with Crippen molar-refractivity contribution >= 4 is 29.4 Å². The minimum atomic E-state index is -0.870. The summed E-state index contributed by atoms with van der Waals surface area (Å²) in [4.78, 5) is 48.8. The van der Waals surface area contributed by atoms with Gasteiger partial charge in [0.15, 0.2) is 6.04 Å². The topological polar surface area (TPSA) is 135 Å². The number of anilines is 1. The summed E-state index contributed by atoms with van der Waals surface area (Å²) in [5.74, 6) is 1.01. The fourth-order valence-electron chi connectivity index (χ4n) is 4.85. The van der Waals surface area contributed by atoms with Crippen LogP contribution in [0.2, 0.25) is 5.02 Å². The Hall–Kier alpha value is -3.99. The SMILES string of the molecule is C=C(/N=C\C(=C/N)CCC)N1CCC(Oc2cc(=O)n(-c3ccc(N4CCC(N=O)C4=O)c(C)n3)cc2Cl)CC1. The Balaban J connectivity index is 1.40. The second kappa shape index (κ2) is 12.9. The van der Waals surface area contributed by atoms with E-state index in [0.717, 1.165) is 31.3 Å². The molecule has 40 heavy (non-hydrogen) atoms. The maximum Gasteiger partial charge on any atom is 0.260 e. The number of amides is 1. The first-order valence-electron chi connectivity index (χ1n) is 13.3. The molecule has 1 unspecified atom stereocenters. The molecule has 2 aliphatic rings. The third-order valence-electron chi connectivity index (χ3n) is 7.09. The first-order valence-corrected chi connectivity index (χ1v) is 13.7. The van der Waals surface area contributed by atoms with Crippen molar-refractivity contribution in [1.82, 2.24) is 14.5 Å². The quantitative estimate of drug-likeness (QED) is 0.337. The molecule has 4 rings (SSSR count). The first kappa shape index (κ1) is 29.0. The zero-order chi connectivity index (χ0) is 28.8. The van der Waals surface area contributed by atoms with Crippen LogP contribution < -0.4 is 20.9 Å². The van der Waals surface area contributed by atoms with Gasteiger partial charge in [0.1, 0.15) is 23.5 Å². The number of aryl methyl sites for hydroxylation is 1. The molecule has 0 radical (unpaired) electrons. The predicted octanol–water partition coefficient (Wildman–Crippen LogP) is 4.09. The Labute approximate surface area is 238 Å². The number of carbonyl (C=O) groups is 1. The van der Waals surface area contributed by atoms with Gasteiger partial charge in [0.05, 0.1) is 16.4 Å². The van der Waals surface area contributed by atoms with Gasteiger partial charge in [0.25, 0.3) is 11.5 Å². The molecule has 12 heteroatoms. The third kappa shape index (κ3) is 6.41. The maximum absolute atomic E-state index is 13.0. The van der Waals surface area contributed by atoms with Gasteiger partial charge >= 0.3 is 0 Å². The number of pyridine rings is 2. The molecule has 0 bridgehead atoms. The summed E-state index contributed by atoms with van der Waals surface area (Å²) in [7, 11) is 0. The van der Waals surface area contributed by atoms with Crippen LogP contribution in [-0.2, 0) is 4.79 Å². The zero-order valence-electron chi connectivity index (χ0n) is 22.8. The standard InChI is InChI=1S/C28H34ClN7O4/c1-4-5-20(15-30)16-31-19(3)34-11-8-21(9-12-34)40-25-14-27(37)36(17-22(25)29)26-7-6-24(18(2)32-26)35-13-10-23(33-39)28(35)38/h6-7,14-17,21,23H,3-5,8-13,30H2,1-2H3/b20-15-,31-16-. The number of nitrogens with two attached hydrogens (primary N) is 1. The highest BCUT2D eigenvalue weighted by Gasteiger charge is 2.34. The minimum Gasteiger partial charge on any atom is -0.488 e. The monoisotopic (exact) mass is 567 g/mol. The van der Waals surface area contributed by atoms with Gasteiger partial charge in [-0.15, -0.1) is 4.91 Å². The van der Waals surface area contributed by atoms with E-state index in [1.54, 1.807) is 31.5 Å². The van der Waals surface area contributed by atoms with Crippen molar-refractivity contribution < 1.29 is 9.53 Å². The van der Waals surface area contributed by atoms with E-state index in [-0.39, 0.29) is 22.6 Å². The van der Waals surface area contributed by atoms with Crippen molar-refractivity contribution in [1.29, 1.82) is 0 Å². The summed E-state index contributed by atoms with van der Waals surface area (Å²) in [6, 6.07) is 3.83. The molecule has 2 aliphatic heterocycles. The Bertz CT molecular complexity index is 1400. The number of hydrogen-bond donors (Lipinski definition) is 1. The van der Waals surface area contributed by atoms with Crippen molar-refractivity contribution in [3.8, 4) is 11.6 Å². The van der Waals surface area contributed by atoms with E-state index in [1.165, 1.54) is 21.7 Å². The van der Waals surface area contributed by atoms with Gasteiger partial charge in [-0.05, 0) is 37.3 Å². The summed E-state index contributed by atoms with van der Waals surface area (Å²) in [5, 5.41) is 3.18. The van der Waals surface area contributed by atoms with E-state index in [4.69, 9.17) is 22.1 Å². The lowest BCUT2D eigenvalue weighted by Crippen LogP contribution is -2.37. The van der Waals surface area contributed by atoms with Crippen molar-refractivity contribution in [2.45, 2.75) is 58.1 Å². The Morgan fingerprint density at radius 2 is 2.00 bits per heavy atom. The highest BCUT2D eigenvalue weighted by atomic mass is 35.5. The predicted molar refractivity (Wildman–Crippen MR) is 156 cm³/mol. The van der Waals surface area contributed by atoms with E-state index in [1.807, 2.05) is 0 Å². The Morgan fingerprint density at radius 1 is 1.25 bits per heavy atom.